The van der Waals surface area contributed by atoms with Crippen molar-refractivity contribution in [2.75, 3.05) is 10.6 Å². The summed E-state index contributed by atoms with van der Waals surface area (Å²) in [5, 5.41) is 3.53. The molecule has 0 aliphatic carbocycles. The molecule has 0 aliphatic heterocycles. The van der Waals surface area contributed by atoms with E-state index >= 15 is 0 Å². The van der Waals surface area contributed by atoms with Crippen LogP contribution >= 0.6 is 23.2 Å². The van der Waals surface area contributed by atoms with Gasteiger partial charge in [0.05, 0.1) is 30.7 Å². The van der Waals surface area contributed by atoms with E-state index in [1.54, 1.807) is 54.7 Å². The molecule has 3 rings (SSSR count). The Hall–Kier alpha value is -2.61. The third-order valence-electron chi connectivity index (χ3n) is 4.34. The molecule has 2 aromatic carbocycles. The van der Waals surface area contributed by atoms with Gasteiger partial charge in [-0.3, -0.25) is 14.1 Å². The summed E-state index contributed by atoms with van der Waals surface area (Å²) in [7, 11) is -3.62. The molecule has 0 fully saturated rings. The minimum atomic E-state index is -3.62. The normalized spacial score (nSPS) is 11.2. The van der Waals surface area contributed by atoms with E-state index in [1.807, 2.05) is 12.1 Å². The van der Waals surface area contributed by atoms with Crippen LogP contribution in [0.3, 0.4) is 0 Å². The smallest absolute Gasteiger partial charge is 0.251 e. The number of aromatic nitrogens is 1. The predicted molar refractivity (Wildman–Crippen MR) is 119 cm³/mol. The summed E-state index contributed by atoms with van der Waals surface area (Å²) in [6.45, 7) is 0.268. The zero-order valence-electron chi connectivity index (χ0n) is 16.0. The van der Waals surface area contributed by atoms with Crippen molar-refractivity contribution in [2.24, 2.45) is 0 Å². The number of nitrogens with one attached hydrogen (secondary N) is 1. The fourth-order valence-corrected chi connectivity index (χ4v) is 4.17. The topological polar surface area (TPSA) is 79.4 Å². The van der Waals surface area contributed by atoms with Gasteiger partial charge in [0.2, 0.25) is 10.0 Å². The fourth-order valence-electron chi connectivity index (χ4n) is 2.78. The molecule has 1 amide bonds. The van der Waals surface area contributed by atoms with Crippen LogP contribution in [-0.4, -0.2) is 25.6 Å². The van der Waals surface area contributed by atoms with E-state index in [-0.39, 0.29) is 12.5 Å². The molecule has 30 heavy (non-hydrogen) atoms. The Balaban J connectivity index is 1.78. The number of rotatable bonds is 7. The van der Waals surface area contributed by atoms with Crippen molar-refractivity contribution >= 4 is 44.8 Å². The number of carbonyl (C=O) groups excluding carboxylic acids is 1. The van der Waals surface area contributed by atoms with E-state index in [0.717, 1.165) is 11.9 Å². The van der Waals surface area contributed by atoms with Crippen molar-refractivity contribution in [3.8, 4) is 0 Å². The Kier molecular flexibility index (Phi) is 6.97. The molecule has 0 unspecified atom stereocenters. The van der Waals surface area contributed by atoms with Gasteiger partial charge in [-0.2, -0.15) is 0 Å². The van der Waals surface area contributed by atoms with Crippen molar-refractivity contribution in [1.82, 2.24) is 10.3 Å². The summed E-state index contributed by atoms with van der Waals surface area (Å²) in [5.74, 6) is -0.285. The van der Waals surface area contributed by atoms with Crippen LogP contribution in [0, 0.1) is 0 Å². The highest BCUT2D eigenvalue weighted by atomic mass is 35.5. The van der Waals surface area contributed by atoms with Gasteiger partial charge in [0, 0.05) is 27.4 Å². The molecule has 0 saturated carbocycles. The zero-order chi connectivity index (χ0) is 21.7. The molecule has 0 atom stereocenters. The third kappa shape index (κ3) is 5.50. The Morgan fingerprint density at radius 2 is 1.67 bits per heavy atom. The van der Waals surface area contributed by atoms with Crippen LogP contribution in [-0.2, 0) is 23.1 Å². The molecule has 0 spiro atoms. The highest BCUT2D eigenvalue weighted by molar-refractivity contribution is 7.92. The molecule has 1 N–H and O–H groups in total. The Morgan fingerprint density at radius 3 is 2.23 bits per heavy atom. The molecular formula is C21H19Cl2N3O3S. The van der Waals surface area contributed by atoms with Gasteiger partial charge >= 0.3 is 0 Å². The van der Waals surface area contributed by atoms with E-state index in [0.29, 0.717) is 33.4 Å². The fraction of sp³-hybridized carbons (Fsp3) is 0.143. The Bertz CT molecular complexity index is 1120. The van der Waals surface area contributed by atoms with Crippen LogP contribution in [0.4, 0.5) is 5.69 Å². The molecule has 9 heteroatoms. The average Bonchev–Trinajstić information content (AvgIpc) is 2.72. The number of anilines is 1. The first-order chi connectivity index (χ1) is 14.3. The van der Waals surface area contributed by atoms with Crippen LogP contribution < -0.4 is 9.62 Å². The molecule has 6 nitrogen and oxygen atoms in total. The first kappa shape index (κ1) is 22.1. The molecule has 0 aliphatic rings. The summed E-state index contributed by atoms with van der Waals surface area (Å²) in [6, 6.07) is 16.7. The Labute approximate surface area is 185 Å². The largest absolute Gasteiger partial charge is 0.346 e. The van der Waals surface area contributed by atoms with E-state index in [2.05, 4.69) is 10.3 Å². The standard InChI is InChI=1S/C21H19Cl2N3O3S/c1-30(28,29)26(14-18-19(22)6-4-7-20(18)23)17-10-8-15(9-11-17)21(27)25-13-16-5-2-3-12-24-16/h2-12H,13-14H2,1H3,(H,25,27). The second-order valence-corrected chi connectivity index (χ2v) is 9.24. The monoisotopic (exact) mass is 463 g/mol. The number of nitrogens with zero attached hydrogens (tertiary/aromatic N) is 2. The average molecular weight is 464 g/mol. The van der Waals surface area contributed by atoms with Crippen LogP contribution in [0.2, 0.25) is 10.0 Å². The molecular weight excluding hydrogens is 445 g/mol. The highest BCUT2D eigenvalue weighted by Gasteiger charge is 2.21. The van der Waals surface area contributed by atoms with E-state index < -0.39 is 10.0 Å². The number of hydrogen-bond acceptors (Lipinski definition) is 4. The number of pyridine rings is 1. The van der Waals surface area contributed by atoms with Crippen LogP contribution in [0.15, 0.2) is 66.9 Å². The van der Waals surface area contributed by atoms with Gasteiger partial charge in [-0.05, 0) is 48.5 Å². The first-order valence-electron chi connectivity index (χ1n) is 8.94. The number of hydrogen-bond donors (Lipinski definition) is 1. The van der Waals surface area contributed by atoms with Crippen molar-refractivity contribution in [2.45, 2.75) is 13.1 Å². The van der Waals surface area contributed by atoms with Gasteiger partial charge < -0.3 is 5.32 Å². The molecule has 1 aromatic heterocycles. The van der Waals surface area contributed by atoms with Gasteiger partial charge in [-0.1, -0.05) is 35.3 Å². The van der Waals surface area contributed by atoms with Gasteiger partial charge in [0.25, 0.3) is 5.91 Å². The van der Waals surface area contributed by atoms with Crippen molar-refractivity contribution in [3.63, 3.8) is 0 Å². The maximum atomic E-state index is 12.4. The number of carbonyl (C=O) groups is 1. The van der Waals surface area contributed by atoms with Gasteiger partial charge in [-0.25, -0.2) is 8.42 Å². The molecule has 1 heterocycles. The predicted octanol–water partition coefficient (Wildman–Crippen LogP) is 4.28. The van der Waals surface area contributed by atoms with Gasteiger partial charge in [0.1, 0.15) is 0 Å². The SMILES string of the molecule is CS(=O)(=O)N(Cc1c(Cl)cccc1Cl)c1ccc(C(=O)NCc2ccccn2)cc1. The zero-order valence-corrected chi connectivity index (χ0v) is 18.4. The lowest BCUT2D eigenvalue weighted by Crippen LogP contribution is -2.29. The second-order valence-electron chi connectivity index (χ2n) is 6.52. The number of benzene rings is 2. The van der Waals surface area contributed by atoms with Crippen LogP contribution in [0.25, 0.3) is 0 Å². The summed E-state index contributed by atoms with van der Waals surface area (Å²) < 4.78 is 26.0. The van der Waals surface area contributed by atoms with E-state index in [1.165, 1.54) is 4.31 Å². The van der Waals surface area contributed by atoms with E-state index in [9.17, 15) is 13.2 Å². The maximum absolute atomic E-state index is 12.4. The van der Waals surface area contributed by atoms with Gasteiger partial charge in [-0.15, -0.1) is 0 Å². The quantitative estimate of drug-likeness (QED) is 0.566. The van der Waals surface area contributed by atoms with Crippen molar-refractivity contribution in [1.29, 1.82) is 0 Å². The number of halogens is 2. The first-order valence-corrected chi connectivity index (χ1v) is 11.5. The summed E-state index contributed by atoms with van der Waals surface area (Å²) in [4.78, 5) is 16.5. The second kappa shape index (κ2) is 9.47. The van der Waals surface area contributed by atoms with Crippen molar-refractivity contribution < 1.29 is 13.2 Å². The molecule has 0 saturated heterocycles. The molecule has 0 radical (unpaired) electrons. The number of amides is 1. The molecule has 0 bridgehead atoms. The van der Waals surface area contributed by atoms with Gasteiger partial charge in [0.15, 0.2) is 0 Å². The summed E-state index contributed by atoms with van der Waals surface area (Å²) in [5.41, 5.74) is 2.04. The summed E-state index contributed by atoms with van der Waals surface area (Å²) in [6.07, 6.45) is 2.76. The Morgan fingerprint density at radius 1 is 1.00 bits per heavy atom. The van der Waals surface area contributed by atoms with Crippen LogP contribution in [0.5, 0.6) is 0 Å². The molecule has 3 aromatic rings. The minimum absolute atomic E-state index is 0.0252. The lowest BCUT2D eigenvalue weighted by Gasteiger charge is -2.23. The van der Waals surface area contributed by atoms with Crippen molar-refractivity contribution in [3.05, 3.63) is 93.7 Å². The van der Waals surface area contributed by atoms with Crippen LogP contribution in [0.1, 0.15) is 21.6 Å². The maximum Gasteiger partial charge on any atom is 0.251 e. The molecule has 156 valence electrons. The summed E-state index contributed by atoms with van der Waals surface area (Å²) >= 11 is 12.4. The third-order valence-corrected chi connectivity index (χ3v) is 6.19. The minimum Gasteiger partial charge on any atom is -0.346 e. The number of sulfonamides is 1. The van der Waals surface area contributed by atoms with E-state index in [4.69, 9.17) is 23.2 Å². The lowest BCUT2D eigenvalue weighted by molar-refractivity contribution is 0.0950. The lowest BCUT2D eigenvalue weighted by atomic mass is 10.1. The highest BCUT2D eigenvalue weighted by Crippen LogP contribution is 2.29.